The molecule has 0 unspecified atom stereocenters. The molecule has 1 saturated heterocycles. The number of aliphatic hydroxyl groups excluding tert-OH is 1. The minimum Gasteiger partial charge on any atom is -0.467 e. The summed E-state index contributed by atoms with van der Waals surface area (Å²) >= 11 is 0. The second-order valence-electron chi connectivity index (χ2n) is 9.58. The third-order valence-electron chi connectivity index (χ3n) is 5.86. The Morgan fingerprint density at radius 3 is 1.97 bits per heavy atom. The van der Waals surface area contributed by atoms with E-state index < -0.39 is 38.4 Å². The van der Waals surface area contributed by atoms with Gasteiger partial charge in [0, 0.05) is 0 Å². The number of benzene rings is 2. The summed E-state index contributed by atoms with van der Waals surface area (Å²) in [5.41, 5.74) is 0. The molecule has 1 heterocycles. The highest BCUT2D eigenvalue weighted by atomic mass is 28.4. The number of carbonyl (C=O) groups excluding carboxylic acids is 1. The maximum atomic E-state index is 12.0. The first kappa shape index (κ1) is 24.6. The number of rotatable bonds is 7. The van der Waals surface area contributed by atoms with E-state index in [9.17, 15) is 9.90 Å². The number of methoxy groups -OCH3 is 1. The first-order valence-corrected chi connectivity index (χ1v) is 12.8. The monoisotopic (exact) mass is 458 g/mol. The van der Waals surface area contributed by atoms with Crippen LogP contribution in [-0.2, 0) is 23.4 Å². The van der Waals surface area contributed by atoms with Crippen molar-refractivity contribution in [3.63, 3.8) is 0 Å². The Labute approximate surface area is 191 Å². The molecule has 0 saturated carbocycles. The van der Waals surface area contributed by atoms with Crippen molar-refractivity contribution in [2.24, 2.45) is 0 Å². The highest BCUT2D eigenvalue weighted by Crippen LogP contribution is 2.38. The molecule has 0 bridgehead atoms. The van der Waals surface area contributed by atoms with Gasteiger partial charge in [0.1, 0.15) is 12.2 Å². The predicted molar refractivity (Wildman–Crippen MR) is 125 cm³/mol. The molecule has 6 nitrogen and oxygen atoms in total. The second kappa shape index (κ2) is 9.45. The van der Waals surface area contributed by atoms with Crippen molar-refractivity contribution in [3.8, 4) is 0 Å². The zero-order valence-electron chi connectivity index (χ0n) is 19.7. The van der Waals surface area contributed by atoms with E-state index in [4.69, 9.17) is 18.6 Å². The summed E-state index contributed by atoms with van der Waals surface area (Å²) in [5.74, 6) is -1.72. The molecule has 7 heteroatoms. The molecule has 1 aliphatic heterocycles. The Hall–Kier alpha value is -2.03. The molecule has 2 aromatic carbocycles. The van der Waals surface area contributed by atoms with Crippen LogP contribution in [0.4, 0.5) is 0 Å². The lowest BCUT2D eigenvalue weighted by molar-refractivity contribution is -0.171. The van der Waals surface area contributed by atoms with E-state index in [1.807, 2.05) is 36.4 Å². The zero-order valence-corrected chi connectivity index (χ0v) is 20.7. The number of aliphatic hydroxyl groups is 1. The van der Waals surface area contributed by atoms with Gasteiger partial charge in [0.15, 0.2) is 11.9 Å². The molecule has 174 valence electrons. The lowest BCUT2D eigenvalue weighted by Gasteiger charge is -2.43. The van der Waals surface area contributed by atoms with Gasteiger partial charge in [-0.3, -0.25) is 0 Å². The summed E-state index contributed by atoms with van der Waals surface area (Å²) in [6, 6.07) is 20.5. The molecule has 2 aromatic rings. The molecule has 3 atom stereocenters. The van der Waals surface area contributed by atoms with Gasteiger partial charge in [0.05, 0.1) is 13.7 Å². The lowest BCUT2D eigenvalue weighted by Crippen LogP contribution is -2.67. The third kappa shape index (κ3) is 4.82. The van der Waals surface area contributed by atoms with E-state index >= 15 is 0 Å². The maximum absolute atomic E-state index is 12.0. The molecule has 0 aromatic heterocycles. The van der Waals surface area contributed by atoms with Crippen molar-refractivity contribution in [2.45, 2.75) is 63.8 Å². The van der Waals surface area contributed by atoms with Crippen molar-refractivity contribution in [1.29, 1.82) is 0 Å². The number of carbonyl (C=O) groups is 1. The van der Waals surface area contributed by atoms with Crippen LogP contribution in [0.2, 0.25) is 5.04 Å². The highest BCUT2D eigenvalue weighted by Gasteiger charge is 2.53. The molecule has 0 amide bonds. The summed E-state index contributed by atoms with van der Waals surface area (Å²) in [4.78, 5) is 12.0. The predicted octanol–water partition coefficient (Wildman–Crippen LogP) is 2.62. The van der Waals surface area contributed by atoms with Crippen LogP contribution in [-0.4, -0.2) is 57.2 Å². The van der Waals surface area contributed by atoms with Crippen LogP contribution in [0.25, 0.3) is 0 Å². The summed E-state index contributed by atoms with van der Waals surface area (Å²) in [6.45, 7) is 10.2. The molecule has 1 fully saturated rings. The van der Waals surface area contributed by atoms with Gasteiger partial charge >= 0.3 is 5.97 Å². The van der Waals surface area contributed by atoms with Crippen LogP contribution in [0.5, 0.6) is 0 Å². The molecule has 1 aliphatic rings. The van der Waals surface area contributed by atoms with Gasteiger partial charge in [0.25, 0.3) is 8.32 Å². The molecule has 3 rings (SSSR count). The summed E-state index contributed by atoms with van der Waals surface area (Å²) < 4.78 is 23.6. The van der Waals surface area contributed by atoms with E-state index in [0.29, 0.717) is 0 Å². The van der Waals surface area contributed by atoms with Crippen LogP contribution in [0.15, 0.2) is 60.7 Å². The second-order valence-corrected chi connectivity index (χ2v) is 13.9. The Morgan fingerprint density at radius 2 is 1.53 bits per heavy atom. The van der Waals surface area contributed by atoms with Gasteiger partial charge in [-0.15, -0.1) is 0 Å². The van der Waals surface area contributed by atoms with Crippen LogP contribution in [0, 0.1) is 0 Å². The van der Waals surface area contributed by atoms with Crippen LogP contribution in [0.3, 0.4) is 0 Å². The lowest BCUT2D eigenvalue weighted by atomic mass is 10.1. The van der Waals surface area contributed by atoms with Gasteiger partial charge in [0.2, 0.25) is 0 Å². The SMILES string of the molecule is COC(=O)[C@@H](O)[C@@H]1OC(C)(C)O[C@H]1CO[Si](c1ccccc1)(c1ccccc1)C(C)(C)C. The van der Waals surface area contributed by atoms with E-state index in [1.165, 1.54) is 7.11 Å². The fourth-order valence-electron chi connectivity index (χ4n) is 4.48. The first-order valence-electron chi connectivity index (χ1n) is 10.9. The van der Waals surface area contributed by atoms with Crippen molar-refractivity contribution in [3.05, 3.63) is 60.7 Å². The van der Waals surface area contributed by atoms with Crippen molar-refractivity contribution in [1.82, 2.24) is 0 Å². The average Bonchev–Trinajstić information content (AvgIpc) is 3.08. The van der Waals surface area contributed by atoms with E-state index in [-0.39, 0.29) is 11.6 Å². The number of ether oxygens (including phenoxy) is 3. The normalized spacial score (nSPS) is 21.8. The number of esters is 1. The molecule has 0 aliphatic carbocycles. The quantitative estimate of drug-likeness (QED) is 0.508. The van der Waals surface area contributed by atoms with Gasteiger partial charge in [-0.05, 0) is 29.3 Å². The summed E-state index contributed by atoms with van der Waals surface area (Å²) in [5, 5.41) is 12.6. The van der Waals surface area contributed by atoms with Gasteiger partial charge in [-0.2, -0.15) is 0 Å². The van der Waals surface area contributed by atoms with E-state index in [1.54, 1.807) is 13.8 Å². The highest BCUT2D eigenvalue weighted by molar-refractivity contribution is 6.99. The van der Waals surface area contributed by atoms with Crippen LogP contribution in [0.1, 0.15) is 34.6 Å². The Morgan fingerprint density at radius 1 is 1.03 bits per heavy atom. The summed E-state index contributed by atoms with van der Waals surface area (Å²) in [6.07, 6.45) is -2.99. The molecule has 0 radical (unpaired) electrons. The minimum absolute atomic E-state index is 0.162. The molecule has 32 heavy (non-hydrogen) atoms. The Kier molecular flexibility index (Phi) is 7.27. The Bertz CT molecular complexity index is 854. The maximum Gasteiger partial charge on any atom is 0.337 e. The third-order valence-corrected chi connectivity index (χ3v) is 10.9. The van der Waals surface area contributed by atoms with E-state index in [0.717, 1.165) is 10.4 Å². The van der Waals surface area contributed by atoms with E-state index in [2.05, 4.69) is 45.0 Å². The minimum atomic E-state index is -2.80. The topological polar surface area (TPSA) is 74.2 Å². The van der Waals surface area contributed by atoms with Crippen molar-refractivity contribution >= 4 is 24.7 Å². The smallest absolute Gasteiger partial charge is 0.337 e. The fourth-order valence-corrected chi connectivity index (χ4v) is 9.05. The summed E-state index contributed by atoms with van der Waals surface area (Å²) in [7, 11) is -1.56. The zero-order chi connectivity index (χ0) is 23.6. The first-order chi connectivity index (χ1) is 15.0. The molecular formula is C25H34O6Si. The standard InChI is InChI=1S/C25H34O6Si/c1-24(2,3)32(18-13-9-7-10-14-18,19-15-11-8-12-16-19)29-17-20-22(21(26)23(27)28-6)31-25(4,5)30-20/h7-16,20-22,26H,17H2,1-6H3/t20-,21-,22+/m0/s1. The molecule has 0 spiro atoms. The van der Waals surface area contributed by atoms with Gasteiger partial charge in [-0.1, -0.05) is 81.4 Å². The largest absolute Gasteiger partial charge is 0.467 e. The molecule has 1 N–H and O–H groups in total. The van der Waals surface area contributed by atoms with Crippen molar-refractivity contribution < 1.29 is 28.5 Å². The Balaban J connectivity index is 2.01. The van der Waals surface area contributed by atoms with Crippen LogP contribution < -0.4 is 10.4 Å². The number of hydrogen-bond acceptors (Lipinski definition) is 6. The molecular weight excluding hydrogens is 424 g/mol. The fraction of sp³-hybridized carbons (Fsp3) is 0.480. The van der Waals surface area contributed by atoms with Crippen LogP contribution >= 0.6 is 0 Å². The van der Waals surface area contributed by atoms with Gasteiger partial charge < -0.3 is 23.7 Å². The number of hydrogen-bond donors (Lipinski definition) is 1. The van der Waals surface area contributed by atoms with Crippen molar-refractivity contribution in [2.75, 3.05) is 13.7 Å². The average molecular weight is 459 g/mol. The van der Waals surface area contributed by atoms with Gasteiger partial charge in [-0.25, -0.2) is 4.79 Å².